The van der Waals surface area contributed by atoms with Crippen molar-refractivity contribution >= 4 is 21.7 Å². The number of fused-ring (bicyclic) bond motifs is 1. The minimum atomic E-state index is -4.78. The molecule has 2 N–H and O–H groups in total. The topological polar surface area (TPSA) is 63.6 Å². The summed E-state index contributed by atoms with van der Waals surface area (Å²) in [6.45, 7) is -3.65. The lowest BCUT2D eigenvalue weighted by Crippen LogP contribution is -2.43. The number of pyridine rings is 1. The standard InChI is InChI=1S/C17H14BrF5N2O3/c18-10-1-2-11-12(6-10)27-4-3-16(11,8-26)25-14-13(28-15(19)20)5-9(7-24-14)17(21,22)23/h1-2,5-7,15,26H,3-4,8H2,(H,24,25)/t16-/m1/s1. The van der Waals surface area contributed by atoms with Crippen molar-refractivity contribution in [2.75, 3.05) is 18.5 Å². The zero-order chi connectivity index (χ0) is 20.5. The van der Waals surface area contributed by atoms with E-state index in [1.54, 1.807) is 18.2 Å². The molecule has 0 amide bonds. The molecular formula is C17H14BrF5N2O3. The molecule has 1 aromatic heterocycles. The molecule has 1 aliphatic rings. The molecule has 0 bridgehead atoms. The van der Waals surface area contributed by atoms with Crippen molar-refractivity contribution < 1.29 is 36.5 Å². The van der Waals surface area contributed by atoms with Gasteiger partial charge in [0.1, 0.15) is 5.75 Å². The van der Waals surface area contributed by atoms with Gasteiger partial charge in [-0.2, -0.15) is 22.0 Å². The first-order valence-electron chi connectivity index (χ1n) is 7.98. The Kier molecular flexibility index (Phi) is 5.67. The highest BCUT2D eigenvalue weighted by molar-refractivity contribution is 9.10. The SMILES string of the molecule is OC[C@]1(Nc2ncc(C(F)(F)F)cc2OC(F)F)CCOc2cc(Br)ccc21. The minimum absolute atomic E-state index is 0.183. The highest BCUT2D eigenvalue weighted by Gasteiger charge is 2.39. The van der Waals surface area contributed by atoms with Crippen LogP contribution in [0, 0.1) is 0 Å². The van der Waals surface area contributed by atoms with Crippen LogP contribution in [0.4, 0.5) is 27.8 Å². The zero-order valence-electron chi connectivity index (χ0n) is 14.1. The third-order valence-electron chi connectivity index (χ3n) is 4.27. The van der Waals surface area contributed by atoms with E-state index in [2.05, 4.69) is 31.0 Å². The number of aliphatic hydroxyl groups excluding tert-OH is 1. The summed E-state index contributed by atoms with van der Waals surface area (Å²) in [5, 5.41) is 12.8. The smallest absolute Gasteiger partial charge is 0.418 e. The minimum Gasteiger partial charge on any atom is -0.493 e. The number of alkyl halides is 5. The number of halogens is 6. The summed E-state index contributed by atoms with van der Waals surface area (Å²) < 4.78 is 74.7. The maximum atomic E-state index is 12.9. The molecule has 2 aromatic rings. The van der Waals surface area contributed by atoms with Crippen LogP contribution in [0.25, 0.3) is 0 Å². The van der Waals surface area contributed by atoms with Gasteiger partial charge >= 0.3 is 12.8 Å². The van der Waals surface area contributed by atoms with Gasteiger partial charge in [-0.25, -0.2) is 4.98 Å². The number of hydrogen-bond acceptors (Lipinski definition) is 5. The molecule has 0 saturated heterocycles. The van der Waals surface area contributed by atoms with Gasteiger partial charge in [0, 0.05) is 22.7 Å². The van der Waals surface area contributed by atoms with Gasteiger partial charge in [-0.1, -0.05) is 22.0 Å². The quantitative estimate of drug-likeness (QED) is 0.630. The second-order valence-electron chi connectivity index (χ2n) is 6.05. The number of nitrogens with zero attached hydrogens (tertiary/aromatic N) is 1. The van der Waals surface area contributed by atoms with Crippen LogP contribution in [-0.2, 0) is 11.7 Å². The van der Waals surface area contributed by atoms with Crippen LogP contribution in [0.1, 0.15) is 17.5 Å². The molecule has 0 saturated carbocycles. The monoisotopic (exact) mass is 468 g/mol. The highest BCUT2D eigenvalue weighted by Crippen LogP contribution is 2.42. The van der Waals surface area contributed by atoms with Crippen LogP contribution in [-0.4, -0.2) is 29.9 Å². The first-order chi connectivity index (χ1) is 13.1. The average molecular weight is 469 g/mol. The lowest BCUT2D eigenvalue weighted by molar-refractivity contribution is -0.138. The normalized spacial score (nSPS) is 19.1. The van der Waals surface area contributed by atoms with Gasteiger partial charge in [-0.3, -0.25) is 0 Å². The van der Waals surface area contributed by atoms with Gasteiger partial charge in [0.05, 0.1) is 24.3 Å². The first kappa shape index (κ1) is 20.6. The molecule has 0 unspecified atom stereocenters. The number of anilines is 1. The van der Waals surface area contributed by atoms with Crippen LogP contribution in [0.5, 0.6) is 11.5 Å². The fraction of sp³-hybridized carbons (Fsp3) is 0.353. The Morgan fingerprint density at radius 1 is 1.32 bits per heavy atom. The Morgan fingerprint density at radius 2 is 2.07 bits per heavy atom. The number of aliphatic hydroxyl groups is 1. The molecular weight excluding hydrogens is 455 g/mol. The van der Waals surface area contributed by atoms with E-state index >= 15 is 0 Å². The second kappa shape index (κ2) is 7.70. The Hall–Kier alpha value is -2.14. The van der Waals surface area contributed by atoms with Crippen LogP contribution in [0.3, 0.4) is 0 Å². The van der Waals surface area contributed by atoms with Crippen molar-refractivity contribution in [3.8, 4) is 11.5 Å². The van der Waals surface area contributed by atoms with Gasteiger partial charge < -0.3 is 19.9 Å². The highest BCUT2D eigenvalue weighted by atomic mass is 79.9. The predicted octanol–water partition coefficient (Wildman–Crippen LogP) is 4.55. The molecule has 3 rings (SSSR count). The maximum Gasteiger partial charge on any atom is 0.418 e. The summed E-state index contributed by atoms with van der Waals surface area (Å²) in [7, 11) is 0. The number of nitrogens with one attached hydrogen (secondary N) is 1. The molecule has 5 nitrogen and oxygen atoms in total. The summed E-state index contributed by atoms with van der Waals surface area (Å²) in [4.78, 5) is 3.63. The molecule has 1 atom stereocenters. The van der Waals surface area contributed by atoms with Crippen molar-refractivity contribution in [3.63, 3.8) is 0 Å². The van der Waals surface area contributed by atoms with Gasteiger partial charge in [0.15, 0.2) is 11.6 Å². The fourth-order valence-corrected chi connectivity index (χ4v) is 3.26. The van der Waals surface area contributed by atoms with E-state index in [1.165, 1.54) is 0 Å². The molecule has 1 aromatic carbocycles. The van der Waals surface area contributed by atoms with E-state index < -0.39 is 36.2 Å². The summed E-state index contributed by atoms with van der Waals surface area (Å²) >= 11 is 3.30. The molecule has 152 valence electrons. The molecule has 0 radical (unpaired) electrons. The van der Waals surface area contributed by atoms with Gasteiger partial charge in [-0.15, -0.1) is 0 Å². The molecule has 1 aliphatic heterocycles. The number of ether oxygens (including phenoxy) is 2. The molecule has 28 heavy (non-hydrogen) atoms. The third kappa shape index (κ3) is 4.14. The van der Waals surface area contributed by atoms with Crippen LogP contribution >= 0.6 is 15.9 Å². The van der Waals surface area contributed by atoms with Crippen molar-refractivity contribution in [1.29, 1.82) is 0 Å². The summed E-state index contributed by atoms with van der Waals surface area (Å²) in [5.41, 5.74) is -1.93. The molecule has 11 heteroatoms. The Morgan fingerprint density at radius 3 is 2.71 bits per heavy atom. The fourth-order valence-electron chi connectivity index (χ4n) is 2.92. The van der Waals surface area contributed by atoms with E-state index in [0.29, 0.717) is 23.6 Å². The molecule has 2 heterocycles. The number of hydrogen-bond donors (Lipinski definition) is 2. The second-order valence-corrected chi connectivity index (χ2v) is 6.97. The van der Waals surface area contributed by atoms with E-state index in [0.717, 1.165) is 4.47 Å². The summed E-state index contributed by atoms with van der Waals surface area (Å²) in [5.74, 6) is -0.689. The van der Waals surface area contributed by atoms with Crippen LogP contribution in [0.2, 0.25) is 0 Å². The lowest BCUT2D eigenvalue weighted by Gasteiger charge is -2.39. The summed E-state index contributed by atoms with van der Waals surface area (Å²) in [6, 6.07) is 5.45. The van der Waals surface area contributed by atoms with Crippen LogP contribution < -0.4 is 14.8 Å². The third-order valence-corrected chi connectivity index (χ3v) is 4.76. The van der Waals surface area contributed by atoms with Crippen LogP contribution in [0.15, 0.2) is 34.9 Å². The van der Waals surface area contributed by atoms with Gasteiger partial charge in [0.25, 0.3) is 0 Å². The van der Waals surface area contributed by atoms with E-state index in [-0.39, 0.29) is 18.8 Å². The number of benzene rings is 1. The van der Waals surface area contributed by atoms with E-state index in [9.17, 15) is 27.1 Å². The average Bonchev–Trinajstić information content (AvgIpc) is 2.61. The Bertz CT molecular complexity index is 865. The lowest BCUT2D eigenvalue weighted by atomic mass is 9.85. The number of aromatic nitrogens is 1. The molecule has 0 fully saturated rings. The molecule has 0 aliphatic carbocycles. The largest absolute Gasteiger partial charge is 0.493 e. The van der Waals surface area contributed by atoms with E-state index in [1.807, 2.05) is 0 Å². The Labute approximate surface area is 164 Å². The number of rotatable bonds is 5. The Balaban J connectivity index is 2.04. The zero-order valence-corrected chi connectivity index (χ0v) is 15.7. The van der Waals surface area contributed by atoms with Gasteiger partial charge in [-0.05, 0) is 18.2 Å². The summed E-state index contributed by atoms with van der Waals surface area (Å²) in [6.07, 6.45) is -4.06. The van der Waals surface area contributed by atoms with Crippen molar-refractivity contribution in [1.82, 2.24) is 4.98 Å². The van der Waals surface area contributed by atoms with Gasteiger partial charge in [0.2, 0.25) is 0 Å². The maximum absolute atomic E-state index is 12.9. The van der Waals surface area contributed by atoms with Crippen molar-refractivity contribution in [2.24, 2.45) is 0 Å². The first-order valence-corrected chi connectivity index (χ1v) is 8.78. The predicted molar refractivity (Wildman–Crippen MR) is 92.5 cm³/mol. The van der Waals surface area contributed by atoms with E-state index in [4.69, 9.17) is 4.74 Å². The van der Waals surface area contributed by atoms with Crippen molar-refractivity contribution in [2.45, 2.75) is 24.7 Å². The molecule has 0 spiro atoms. The van der Waals surface area contributed by atoms with Crippen molar-refractivity contribution in [3.05, 3.63) is 46.1 Å².